The minimum atomic E-state index is -2.63. The van der Waals surface area contributed by atoms with Gasteiger partial charge in [0.1, 0.15) is 0 Å². The maximum Gasteiger partial charge on any atom is 0.252 e. The fraction of sp³-hybridized carbons (Fsp3) is 0.875. The number of hydrogen-bond donors (Lipinski definition) is 0. The van der Waals surface area contributed by atoms with Crippen LogP contribution in [0.3, 0.4) is 0 Å². The number of hydrogen-bond acceptors (Lipinski definition) is 2. The summed E-state index contributed by atoms with van der Waals surface area (Å²) in [4.78, 5) is 12.9. The molecule has 1 atom stereocenters. The smallest absolute Gasteiger partial charge is 0.211 e. The van der Waals surface area contributed by atoms with Gasteiger partial charge in [0.05, 0.1) is 6.54 Å². The van der Waals surface area contributed by atoms with Gasteiger partial charge in [0.2, 0.25) is 6.08 Å². The van der Waals surface area contributed by atoms with Crippen molar-refractivity contribution >= 4 is 6.08 Å². The summed E-state index contributed by atoms with van der Waals surface area (Å²) >= 11 is 0. The summed E-state index contributed by atoms with van der Waals surface area (Å²) in [5.41, 5.74) is 0. The fourth-order valence-electron chi connectivity index (χ4n) is 1.54. The highest BCUT2D eigenvalue weighted by molar-refractivity contribution is 5.32. The highest BCUT2D eigenvalue weighted by atomic mass is 19.3. The van der Waals surface area contributed by atoms with E-state index in [0.29, 0.717) is 12.8 Å². The molecular weight excluding hydrogens is 164 g/mol. The van der Waals surface area contributed by atoms with E-state index in [1.807, 2.05) is 0 Å². The summed E-state index contributed by atoms with van der Waals surface area (Å²) in [5.74, 6) is -3.37. The summed E-state index contributed by atoms with van der Waals surface area (Å²) in [5, 5.41) is 0. The van der Waals surface area contributed by atoms with Crippen molar-refractivity contribution in [3.63, 3.8) is 0 Å². The van der Waals surface area contributed by atoms with E-state index in [4.69, 9.17) is 0 Å². The summed E-state index contributed by atoms with van der Waals surface area (Å²) in [6.07, 6.45) is 3.09. The molecule has 1 rings (SSSR count). The van der Waals surface area contributed by atoms with Gasteiger partial charge in [-0.1, -0.05) is 6.42 Å². The number of nitrogens with zero attached hydrogens (tertiary/aromatic N) is 1. The Morgan fingerprint density at radius 3 is 2.83 bits per heavy atom. The lowest BCUT2D eigenvalue weighted by Gasteiger charge is -2.29. The molecule has 1 aliphatic rings. The number of isocyanates is 1. The van der Waals surface area contributed by atoms with Crippen molar-refractivity contribution in [1.82, 2.24) is 0 Å². The van der Waals surface area contributed by atoms with E-state index in [-0.39, 0.29) is 13.0 Å². The first-order valence-electron chi connectivity index (χ1n) is 4.08. The molecule has 0 amide bonds. The van der Waals surface area contributed by atoms with E-state index >= 15 is 0 Å². The van der Waals surface area contributed by atoms with Gasteiger partial charge in [-0.15, -0.1) is 0 Å². The first kappa shape index (κ1) is 9.33. The van der Waals surface area contributed by atoms with Crippen LogP contribution in [0.4, 0.5) is 8.78 Å². The molecule has 0 heterocycles. The average Bonchev–Trinajstić information content (AvgIpc) is 2.02. The average molecular weight is 175 g/mol. The Labute approximate surface area is 69.7 Å². The molecule has 12 heavy (non-hydrogen) atoms. The Hall–Kier alpha value is -0.760. The van der Waals surface area contributed by atoms with Gasteiger partial charge in [0.25, 0.3) is 5.92 Å². The molecule has 68 valence electrons. The molecule has 0 aromatic heterocycles. The molecule has 1 aliphatic carbocycles. The topological polar surface area (TPSA) is 29.4 Å². The number of halogens is 2. The number of alkyl halides is 2. The Kier molecular flexibility index (Phi) is 2.93. The molecule has 0 bridgehead atoms. The zero-order chi connectivity index (χ0) is 9.03. The summed E-state index contributed by atoms with van der Waals surface area (Å²) in [6.45, 7) is -0.0729. The van der Waals surface area contributed by atoms with Crippen molar-refractivity contribution in [3.8, 4) is 0 Å². The fourth-order valence-corrected chi connectivity index (χ4v) is 1.54. The molecule has 0 radical (unpaired) electrons. The molecule has 0 aromatic carbocycles. The third kappa shape index (κ3) is 2.11. The first-order valence-corrected chi connectivity index (χ1v) is 4.08. The van der Waals surface area contributed by atoms with E-state index < -0.39 is 11.8 Å². The number of rotatable bonds is 2. The molecule has 0 aliphatic heterocycles. The quantitative estimate of drug-likeness (QED) is 0.467. The van der Waals surface area contributed by atoms with E-state index in [1.165, 1.54) is 6.08 Å². The van der Waals surface area contributed by atoms with Crippen LogP contribution in [0.1, 0.15) is 25.7 Å². The predicted molar refractivity (Wildman–Crippen MR) is 39.9 cm³/mol. The van der Waals surface area contributed by atoms with Crippen LogP contribution >= 0.6 is 0 Å². The van der Waals surface area contributed by atoms with Crippen LogP contribution in [0.2, 0.25) is 0 Å². The van der Waals surface area contributed by atoms with Gasteiger partial charge in [0, 0.05) is 12.3 Å². The molecule has 0 spiro atoms. The zero-order valence-corrected chi connectivity index (χ0v) is 6.72. The zero-order valence-electron chi connectivity index (χ0n) is 6.72. The third-order valence-electron chi connectivity index (χ3n) is 2.29. The lowest BCUT2D eigenvalue weighted by atomic mass is 9.86. The molecular formula is C8H11F2NO. The van der Waals surface area contributed by atoms with Gasteiger partial charge < -0.3 is 0 Å². The maximum atomic E-state index is 13.0. The molecule has 1 fully saturated rings. The Morgan fingerprint density at radius 2 is 2.25 bits per heavy atom. The standard InChI is InChI=1S/C8H11F2NO/c9-8(10)4-2-1-3-7(8)5-11-6-12/h7H,1-5H2. The van der Waals surface area contributed by atoms with Gasteiger partial charge in [-0.3, -0.25) is 0 Å². The van der Waals surface area contributed by atoms with Crippen LogP contribution in [0.15, 0.2) is 4.99 Å². The monoisotopic (exact) mass is 175 g/mol. The second-order valence-electron chi connectivity index (χ2n) is 3.14. The van der Waals surface area contributed by atoms with Crippen LogP contribution in [0, 0.1) is 5.92 Å². The van der Waals surface area contributed by atoms with Crippen LogP contribution in [-0.4, -0.2) is 18.5 Å². The summed E-state index contributed by atoms with van der Waals surface area (Å²) in [6, 6.07) is 0. The summed E-state index contributed by atoms with van der Waals surface area (Å²) in [7, 11) is 0. The highest BCUT2D eigenvalue weighted by Gasteiger charge is 2.40. The Morgan fingerprint density at radius 1 is 1.50 bits per heavy atom. The van der Waals surface area contributed by atoms with Gasteiger partial charge in [-0.25, -0.2) is 18.6 Å². The van der Waals surface area contributed by atoms with Gasteiger partial charge in [-0.05, 0) is 12.8 Å². The Balaban J connectivity index is 2.53. The summed E-state index contributed by atoms with van der Waals surface area (Å²) < 4.78 is 26.0. The van der Waals surface area contributed by atoms with Crippen LogP contribution in [0.5, 0.6) is 0 Å². The Bertz CT molecular complexity index is 199. The molecule has 0 N–H and O–H groups in total. The predicted octanol–water partition coefficient (Wildman–Crippen LogP) is 2.15. The van der Waals surface area contributed by atoms with Crippen molar-refractivity contribution in [2.75, 3.05) is 6.54 Å². The number of aliphatic imine (C=N–C) groups is 1. The molecule has 1 unspecified atom stereocenters. The van der Waals surface area contributed by atoms with Crippen molar-refractivity contribution in [1.29, 1.82) is 0 Å². The van der Waals surface area contributed by atoms with Gasteiger partial charge in [-0.2, -0.15) is 0 Å². The van der Waals surface area contributed by atoms with Crippen molar-refractivity contribution in [3.05, 3.63) is 0 Å². The molecule has 1 saturated carbocycles. The minimum absolute atomic E-state index is 0.0634. The van der Waals surface area contributed by atoms with Crippen molar-refractivity contribution < 1.29 is 13.6 Å². The molecule has 0 aromatic rings. The van der Waals surface area contributed by atoms with Gasteiger partial charge >= 0.3 is 0 Å². The maximum absolute atomic E-state index is 13.0. The minimum Gasteiger partial charge on any atom is -0.211 e. The van der Waals surface area contributed by atoms with Crippen molar-refractivity contribution in [2.45, 2.75) is 31.6 Å². The lowest BCUT2D eigenvalue weighted by Crippen LogP contribution is -2.33. The highest BCUT2D eigenvalue weighted by Crippen LogP contribution is 2.38. The number of carbonyl (C=O) groups excluding carboxylic acids is 1. The largest absolute Gasteiger partial charge is 0.252 e. The third-order valence-corrected chi connectivity index (χ3v) is 2.29. The van der Waals surface area contributed by atoms with E-state index in [0.717, 1.165) is 6.42 Å². The second kappa shape index (κ2) is 3.76. The van der Waals surface area contributed by atoms with Gasteiger partial charge in [0.15, 0.2) is 0 Å². The lowest BCUT2D eigenvalue weighted by molar-refractivity contribution is -0.0814. The van der Waals surface area contributed by atoms with Crippen LogP contribution < -0.4 is 0 Å². The molecule has 4 heteroatoms. The van der Waals surface area contributed by atoms with E-state index in [2.05, 4.69) is 4.99 Å². The molecule has 2 nitrogen and oxygen atoms in total. The second-order valence-corrected chi connectivity index (χ2v) is 3.14. The normalized spacial score (nSPS) is 27.7. The van der Waals surface area contributed by atoms with Crippen LogP contribution in [0.25, 0.3) is 0 Å². The van der Waals surface area contributed by atoms with Crippen LogP contribution in [-0.2, 0) is 4.79 Å². The first-order chi connectivity index (χ1) is 5.67. The van der Waals surface area contributed by atoms with E-state index in [9.17, 15) is 13.6 Å². The van der Waals surface area contributed by atoms with Crippen molar-refractivity contribution in [2.24, 2.45) is 10.9 Å². The molecule has 0 saturated heterocycles. The SMILES string of the molecule is O=C=NCC1CCCCC1(F)F. The van der Waals surface area contributed by atoms with E-state index in [1.54, 1.807) is 0 Å².